The normalized spacial score (nSPS) is 17.9. The quantitative estimate of drug-likeness (QED) is 0.696. The van der Waals surface area contributed by atoms with E-state index in [4.69, 9.17) is 0 Å². The van der Waals surface area contributed by atoms with Gasteiger partial charge in [-0.1, -0.05) is 17.8 Å². The maximum Gasteiger partial charge on any atom is 0.257 e. The molecule has 3 aromatic heterocycles. The average molecular weight is 381 g/mol. The van der Waals surface area contributed by atoms with Crippen LogP contribution in [0.1, 0.15) is 35.7 Å². The van der Waals surface area contributed by atoms with E-state index in [1.54, 1.807) is 27.0 Å². The molecule has 0 saturated heterocycles. The number of carbonyl (C=O) groups is 1. The van der Waals surface area contributed by atoms with Gasteiger partial charge < -0.3 is 5.32 Å². The summed E-state index contributed by atoms with van der Waals surface area (Å²) in [7, 11) is 0. The van der Waals surface area contributed by atoms with Gasteiger partial charge in [-0.2, -0.15) is 5.10 Å². The van der Waals surface area contributed by atoms with Crippen molar-refractivity contribution in [1.82, 2.24) is 24.5 Å². The fourth-order valence-corrected chi connectivity index (χ4v) is 5.06. The van der Waals surface area contributed by atoms with Crippen LogP contribution in [-0.2, 0) is 24.2 Å². The van der Waals surface area contributed by atoms with Gasteiger partial charge in [-0.15, -0.1) is 0 Å². The number of pyridine rings is 1. The minimum absolute atomic E-state index is 0.0536. The number of amides is 1. The standard InChI is InChI=1S/C19H19N5O2S/c25-17(20-9-12-10-21-23-7-2-1-6-16(12)23)8-13-11-27-19-22-15-5-3-4-14(15)18(26)24(13)19/h1-2,6-7,10,13H,3-5,8-9,11H2,(H,20,25). The zero-order valence-corrected chi connectivity index (χ0v) is 15.5. The zero-order valence-electron chi connectivity index (χ0n) is 14.7. The summed E-state index contributed by atoms with van der Waals surface area (Å²) in [6, 6.07) is 5.72. The van der Waals surface area contributed by atoms with Crippen molar-refractivity contribution in [3.63, 3.8) is 0 Å². The lowest BCUT2D eigenvalue weighted by atomic mass is 10.2. The van der Waals surface area contributed by atoms with Crippen molar-refractivity contribution in [3.8, 4) is 0 Å². The van der Waals surface area contributed by atoms with Gasteiger partial charge in [0.15, 0.2) is 5.16 Å². The topological polar surface area (TPSA) is 81.3 Å². The fourth-order valence-electron chi connectivity index (χ4n) is 3.91. The van der Waals surface area contributed by atoms with E-state index in [1.807, 2.05) is 24.4 Å². The van der Waals surface area contributed by atoms with Crippen LogP contribution in [0.2, 0.25) is 0 Å². The molecule has 1 atom stereocenters. The Hall–Kier alpha value is -2.61. The second-order valence-corrected chi connectivity index (χ2v) is 7.98. The Morgan fingerprint density at radius 3 is 3.19 bits per heavy atom. The van der Waals surface area contributed by atoms with Gasteiger partial charge in [0.25, 0.3) is 5.56 Å². The zero-order chi connectivity index (χ0) is 18.4. The Morgan fingerprint density at radius 1 is 1.33 bits per heavy atom. The van der Waals surface area contributed by atoms with Crippen LogP contribution in [0.5, 0.6) is 0 Å². The molecule has 5 rings (SSSR count). The van der Waals surface area contributed by atoms with E-state index in [-0.39, 0.29) is 17.5 Å². The number of hydrogen-bond acceptors (Lipinski definition) is 5. The highest BCUT2D eigenvalue weighted by atomic mass is 32.2. The summed E-state index contributed by atoms with van der Waals surface area (Å²) in [5.74, 6) is 0.658. The van der Waals surface area contributed by atoms with Crippen molar-refractivity contribution < 1.29 is 4.79 Å². The van der Waals surface area contributed by atoms with E-state index < -0.39 is 0 Å². The minimum atomic E-state index is -0.125. The molecule has 8 heteroatoms. The lowest BCUT2D eigenvalue weighted by Crippen LogP contribution is -2.32. The monoisotopic (exact) mass is 381 g/mol. The predicted octanol–water partition coefficient (Wildman–Crippen LogP) is 1.73. The number of aromatic nitrogens is 4. The highest BCUT2D eigenvalue weighted by Crippen LogP contribution is 2.33. The van der Waals surface area contributed by atoms with Crippen LogP contribution in [0.3, 0.4) is 0 Å². The molecule has 1 aliphatic heterocycles. The summed E-state index contributed by atoms with van der Waals surface area (Å²) in [6.07, 6.45) is 6.64. The number of fused-ring (bicyclic) bond motifs is 3. The molecule has 1 N–H and O–H groups in total. The van der Waals surface area contributed by atoms with Crippen LogP contribution in [0, 0.1) is 0 Å². The molecular formula is C19H19N5O2S. The van der Waals surface area contributed by atoms with Crippen molar-refractivity contribution in [3.05, 3.63) is 57.8 Å². The van der Waals surface area contributed by atoms with Gasteiger partial charge in [-0.3, -0.25) is 14.2 Å². The molecule has 1 aliphatic carbocycles. The third-order valence-electron chi connectivity index (χ3n) is 5.28. The summed E-state index contributed by atoms with van der Waals surface area (Å²) >= 11 is 1.57. The SMILES string of the molecule is O=C(CC1CSc2nc3c(c(=O)n21)CCC3)NCc1cnn2ccccc12. The molecule has 0 aromatic carbocycles. The molecule has 3 aromatic rings. The molecular weight excluding hydrogens is 362 g/mol. The Kier molecular flexibility index (Phi) is 4.00. The summed E-state index contributed by atoms with van der Waals surface area (Å²) in [5.41, 5.74) is 3.81. The number of nitrogens with zero attached hydrogens (tertiary/aromatic N) is 4. The maximum atomic E-state index is 12.8. The molecule has 138 valence electrons. The van der Waals surface area contributed by atoms with Gasteiger partial charge in [0, 0.05) is 36.0 Å². The largest absolute Gasteiger partial charge is 0.352 e. The van der Waals surface area contributed by atoms with Gasteiger partial charge in [0.1, 0.15) is 0 Å². The third-order valence-corrected chi connectivity index (χ3v) is 6.37. The van der Waals surface area contributed by atoms with Gasteiger partial charge in [-0.05, 0) is 31.4 Å². The van der Waals surface area contributed by atoms with Crippen molar-refractivity contribution >= 4 is 23.2 Å². The first-order chi connectivity index (χ1) is 13.2. The van der Waals surface area contributed by atoms with Crippen molar-refractivity contribution in [2.45, 2.75) is 43.4 Å². The Balaban J connectivity index is 1.30. The highest BCUT2D eigenvalue weighted by Gasteiger charge is 2.31. The van der Waals surface area contributed by atoms with E-state index in [0.29, 0.717) is 13.0 Å². The van der Waals surface area contributed by atoms with E-state index in [2.05, 4.69) is 15.4 Å². The van der Waals surface area contributed by atoms with Crippen LogP contribution in [0.25, 0.3) is 5.52 Å². The number of thioether (sulfide) groups is 1. The predicted molar refractivity (Wildman–Crippen MR) is 102 cm³/mol. The Morgan fingerprint density at radius 2 is 2.26 bits per heavy atom. The van der Waals surface area contributed by atoms with Crippen LogP contribution < -0.4 is 10.9 Å². The summed E-state index contributed by atoms with van der Waals surface area (Å²) < 4.78 is 3.53. The molecule has 1 amide bonds. The molecule has 0 saturated carbocycles. The molecule has 1 unspecified atom stereocenters. The molecule has 27 heavy (non-hydrogen) atoms. The van der Waals surface area contributed by atoms with Gasteiger partial charge in [0.05, 0.1) is 23.4 Å². The fraction of sp³-hybridized carbons (Fsp3) is 0.368. The second-order valence-electron chi connectivity index (χ2n) is 6.99. The first-order valence-corrected chi connectivity index (χ1v) is 10.1. The lowest BCUT2D eigenvalue weighted by Gasteiger charge is -2.14. The average Bonchev–Trinajstić information content (AvgIpc) is 3.39. The number of rotatable bonds is 4. The van der Waals surface area contributed by atoms with Crippen LogP contribution in [-0.4, -0.2) is 30.8 Å². The number of carbonyl (C=O) groups excluding carboxylic acids is 1. The summed E-state index contributed by atoms with van der Waals surface area (Å²) in [6.45, 7) is 0.427. The molecule has 0 fully saturated rings. The number of nitrogens with one attached hydrogen (secondary N) is 1. The maximum absolute atomic E-state index is 12.8. The smallest absolute Gasteiger partial charge is 0.257 e. The van der Waals surface area contributed by atoms with Crippen LogP contribution >= 0.6 is 11.8 Å². The molecule has 0 bridgehead atoms. The second kappa shape index (κ2) is 6.53. The van der Waals surface area contributed by atoms with E-state index in [0.717, 1.165) is 52.5 Å². The first kappa shape index (κ1) is 16.6. The molecule has 7 nitrogen and oxygen atoms in total. The lowest BCUT2D eigenvalue weighted by molar-refractivity contribution is -0.121. The molecule has 0 spiro atoms. The highest BCUT2D eigenvalue weighted by molar-refractivity contribution is 7.99. The van der Waals surface area contributed by atoms with Crippen LogP contribution in [0.4, 0.5) is 0 Å². The van der Waals surface area contributed by atoms with Crippen molar-refractivity contribution in [2.75, 3.05) is 5.75 Å². The number of aryl methyl sites for hydroxylation is 1. The van der Waals surface area contributed by atoms with Crippen molar-refractivity contribution in [1.29, 1.82) is 0 Å². The van der Waals surface area contributed by atoms with Crippen molar-refractivity contribution in [2.24, 2.45) is 0 Å². The number of hydrogen-bond donors (Lipinski definition) is 1. The van der Waals surface area contributed by atoms with E-state index >= 15 is 0 Å². The van der Waals surface area contributed by atoms with E-state index in [1.165, 1.54) is 0 Å². The Labute approximate surface area is 159 Å². The summed E-state index contributed by atoms with van der Waals surface area (Å²) in [5, 5.41) is 8.02. The van der Waals surface area contributed by atoms with Crippen LogP contribution in [0.15, 0.2) is 40.5 Å². The molecule has 0 radical (unpaired) electrons. The third kappa shape index (κ3) is 2.84. The first-order valence-electron chi connectivity index (χ1n) is 9.16. The minimum Gasteiger partial charge on any atom is -0.352 e. The van der Waals surface area contributed by atoms with Gasteiger partial charge in [0.2, 0.25) is 5.91 Å². The molecule has 2 aliphatic rings. The summed E-state index contributed by atoms with van der Waals surface area (Å²) in [4.78, 5) is 30.0. The van der Waals surface area contributed by atoms with Gasteiger partial charge in [-0.25, -0.2) is 9.50 Å². The Bertz CT molecular complexity index is 1100. The van der Waals surface area contributed by atoms with Gasteiger partial charge >= 0.3 is 0 Å². The molecule has 4 heterocycles. The van der Waals surface area contributed by atoms with E-state index in [9.17, 15) is 9.59 Å².